The Morgan fingerprint density at radius 3 is 2.39 bits per heavy atom. The van der Waals surface area contributed by atoms with Crippen molar-refractivity contribution in [2.45, 2.75) is 26.2 Å². The largest absolute Gasteiger partial charge is 0.380 e. The summed E-state index contributed by atoms with van der Waals surface area (Å²) in [5.41, 5.74) is 2.74. The number of carbonyl (C=O) groups excluding carboxylic acids is 1. The minimum atomic E-state index is -1.04. The van der Waals surface area contributed by atoms with Gasteiger partial charge in [-0.1, -0.05) is 48.6 Å². The second-order valence-electron chi connectivity index (χ2n) is 8.40. The van der Waals surface area contributed by atoms with Crippen molar-refractivity contribution in [3.63, 3.8) is 0 Å². The highest BCUT2D eigenvalue weighted by molar-refractivity contribution is 7.82. The van der Waals surface area contributed by atoms with Crippen molar-refractivity contribution in [2.24, 2.45) is 0 Å². The number of nitrogens with zero attached hydrogens (tertiary/aromatic N) is 1. The summed E-state index contributed by atoms with van der Waals surface area (Å²) >= 11 is 0. The van der Waals surface area contributed by atoms with Crippen LogP contribution in [0.4, 0.5) is 4.39 Å². The maximum Gasteiger partial charge on any atom is 0.207 e. The summed E-state index contributed by atoms with van der Waals surface area (Å²) < 4.78 is 18.8. The smallest absolute Gasteiger partial charge is 0.207 e. The number of benzene rings is 2. The fourth-order valence-corrected chi connectivity index (χ4v) is 5.84. The zero-order valence-corrected chi connectivity index (χ0v) is 20.8. The molecule has 0 aromatic heterocycles. The maximum absolute atomic E-state index is 13.6. The number of rotatable bonds is 4. The molecule has 1 aliphatic carbocycles. The van der Waals surface area contributed by atoms with E-state index in [1.165, 1.54) is 24.6 Å². The van der Waals surface area contributed by atoms with E-state index in [0.717, 1.165) is 37.4 Å². The first-order chi connectivity index (χ1) is 15.9. The van der Waals surface area contributed by atoms with E-state index in [9.17, 15) is 9.18 Å². The molecule has 2 fully saturated rings. The first-order valence-corrected chi connectivity index (χ1v) is 14.0. The molecule has 4 rings (SSSR count). The standard InChI is InChI=1S/C18H20FP.C5H11NO.C3H4N2O/c1-13-4-5-15(12-18(13)19)14-6-8-16(9-7-14)20(2,3)17-10-11-17;1-2-6-3-5-7-4-1;4-1-2-5-3-6/h4-9,12H,10-11H2,1-3H3;6H,1-5H2;3H,2H2,(H,5,6). The monoisotopic (exact) mass is 471 g/mol. The van der Waals surface area contributed by atoms with Gasteiger partial charge in [-0.2, -0.15) is 5.26 Å². The molecule has 2 aromatic carbocycles. The lowest BCUT2D eigenvalue weighted by Gasteiger charge is -2.16. The van der Waals surface area contributed by atoms with Gasteiger partial charge in [0.15, 0.2) is 0 Å². The summed E-state index contributed by atoms with van der Waals surface area (Å²) in [4.78, 5) is 9.30. The average molecular weight is 472 g/mol. The molecule has 1 heterocycles. The summed E-state index contributed by atoms with van der Waals surface area (Å²) in [6.07, 6.45) is 4.28. The minimum Gasteiger partial charge on any atom is -0.380 e. The Labute approximate surface area is 197 Å². The first-order valence-electron chi connectivity index (χ1n) is 11.3. The van der Waals surface area contributed by atoms with E-state index in [1.807, 2.05) is 12.1 Å². The molecule has 178 valence electrons. The van der Waals surface area contributed by atoms with E-state index < -0.39 is 6.89 Å². The second kappa shape index (κ2) is 14.0. The van der Waals surface area contributed by atoms with Crippen LogP contribution in [0.25, 0.3) is 11.1 Å². The van der Waals surface area contributed by atoms with Gasteiger partial charge >= 0.3 is 0 Å². The molecule has 2 aromatic rings. The molecule has 2 aliphatic rings. The van der Waals surface area contributed by atoms with Gasteiger partial charge in [-0.05, 0) is 74.1 Å². The van der Waals surface area contributed by atoms with Crippen molar-refractivity contribution in [1.82, 2.24) is 10.6 Å². The third-order valence-corrected chi connectivity index (χ3v) is 9.23. The lowest BCUT2D eigenvalue weighted by Crippen LogP contribution is -2.15. The van der Waals surface area contributed by atoms with Gasteiger partial charge in [-0.3, -0.25) is 4.79 Å². The molecule has 0 radical (unpaired) electrons. The zero-order valence-electron chi connectivity index (χ0n) is 19.9. The molecule has 0 atom stereocenters. The number of amides is 1. The highest BCUT2D eigenvalue weighted by Gasteiger charge is 2.22. The number of halogens is 1. The first kappa shape index (κ1) is 26.8. The summed E-state index contributed by atoms with van der Waals surface area (Å²) in [5.74, 6) is -0.132. The maximum atomic E-state index is 13.6. The van der Waals surface area contributed by atoms with Gasteiger partial charge in [-0.25, -0.2) is 4.39 Å². The van der Waals surface area contributed by atoms with E-state index in [1.54, 1.807) is 24.4 Å². The van der Waals surface area contributed by atoms with Gasteiger partial charge in [0.25, 0.3) is 0 Å². The number of hydrogen-bond donors (Lipinski definition) is 2. The molecule has 33 heavy (non-hydrogen) atoms. The second-order valence-corrected chi connectivity index (χ2v) is 12.5. The summed E-state index contributed by atoms with van der Waals surface area (Å²) in [7, 11) is 0. The predicted octanol–water partition coefficient (Wildman–Crippen LogP) is 3.92. The van der Waals surface area contributed by atoms with Crippen LogP contribution in [0.1, 0.15) is 24.8 Å². The fraction of sp³-hybridized carbons (Fsp3) is 0.423. The third-order valence-electron chi connectivity index (χ3n) is 5.61. The normalized spacial score (nSPS) is 14.9. The van der Waals surface area contributed by atoms with Crippen LogP contribution in [0.2, 0.25) is 0 Å². The molecule has 0 spiro atoms. The Morgan fingerprint density at radius 1 is 1.12 bits per heavy atom. The van der Waals surface area contributed by atoms with E-state index in [2.05, 4.69) is 48.2 Å². The molecular formula is C26H35FN3O2P. The van der Waals surface area contributed by atoms with Crippen LogP contribution >= 0.6 is 6.89 Å². The molecule has 0 bridgehead atoms. The van der Waals surface area contributed by atoms with Crippen molar-refractivity contribution in [3.8, 4) is 17.2 Å². The van der Waals surface area contributed by atoms with Crippen LogP contribution in [0.3, 0.4) is 0 Å². The van der Waals surface area contributed by atoms with Crippen molar-refractivity contribution in [3.05, 3.63) is 53.8 Å². The van der Waals surface area contributed by atoms with E-state index in [4.69, 9.17) is 10.00 Å². The molecule has 2 N–H and O–H groups in total. The van der Waals surface area contributed by atoms with E-state index in [-0.39, 0.29) is 12.4 Å². The highest BCUT2D eigenvalue weighted by atomic mass is 31.2. The Morgan fingerprint density at radius 2 is 1.82 bits per heavy atom. The van der Waals surface area contributed by atoms with Crippen molar-refractivity contribution < 1.29 is 13.9 Å². The van der Waals surface area contributed by atoms with Gasteiger partial charge in [0, 0.05) is 13.2 Å². The van der Waals surface area contributed by atoms with E-state index >= 15 is 0 Å². The van der Waals surface area contributed by atoms with Gasteiger partial charge in [0.05, 0.1) is 12.7 Å². The van der Waals surface area contributed by atoms with Crippen LogP contribution in [-0.2, 0) is 9.53 Å². The summed E-state index contributed by atoms with van der Waals surface area (Å²) in [6.45, 7) is 9.63. The Kier molecular flexibility index (Phi) is 11.3. The summed E-state index contributed by atoms with van der Waals surface area (Å²) in [6, 6.07) is 15.9. The molecule has 7 heteroatoms. The van der Waals surface area contributed by atoms with E-state index in [0.29, 0.717) is 12.0 Å². The Balaban J connectivity index is 0.000000243. The van der Waals surface area contributed by atoms with Gasteiger partial charge in [0.2, 0.25) is 6.41 Å². The van der Waals surface area contributed by atoms with Crippen LogP contribution in [0.15, 0.2) is 42.5 Å². The number of nitrogens with one attached hydrogen (secondary N) is 2. The lowest BCUT2D eigenvalue weighted by molar-refractivity contribution is -0.109. The number of nitriles is 1. The average Bonchev–Trinajstić information content (AvgIpc) is 3.68. The van der Waals surface area contributed by atoms with Crippen molar-refractivity contribution in [2.75, 3.05) is 46.2 Å². The van der Waals surface area contributed by atoms with Crippen LogP contribution in [0.5, 0.6) is 0 Å². The molecule has 1 saturated carbocycles. The molecule has 1 amide bonds. The third kappa shape index (κ3) is 9.14. The number of aryl methyl sites for hydroxylation is 1. The Bertz CT molecular complexity index is 968. The van der Waals surface area contributed by atoms with Gasteiger partial charge < -0.3 is 15.4 Å². The molecular weight excluding hydrogens is 436 g/mol. The molecule has 0 unspecified atom stereocenters. The topological polar surface area (TPSA) is 74.2 Å². The lowest BCUT2D eigenvalue weighted by atomic mass is 10.0. The van der Waals surface area contributed by atoms with Gasteiger partial charge in [0.1, 0.15) is 12.4 Å². The van der Waals surface area contributed by atoms with Crippen LogP contribution < -0.4 is 15.9 Å². The minimum absolute atomic E-state index is 0.101. The summed E-state index contributed by atoms with van der Waals surface area (Å²) in [5, 5.41) is 16.3. The quantitative estimate of drug-likeness (QED) is 0.307. The van der Waals surface area contributed by atoms with Crippen molar-refractivity contribution >= 4 is 23.9 Å². The predicted molar refractivity (Wildman–Crippen MR) is 137 cm³/mol. The SMILES string of the molecule is C1CNCCOC1.Cc1ccc(-c2ccc(P(C)(C)=C3CC3)cc2)cc1F.N#CCNC=O. The molecule has 5 nitrogen and oxygen atoms in total. The highest BCUT2D eigenvalue weighted by Crippen LogP contribution is 2.47. The number of carbonyl (C=O) groups is 1. The molecule has 1 saturated heterocycles. The number of hydrogen-bond acceptors (Lipinski definition) is 4. The molecule has 1 aliphatic heterocycles. The van der Waals surface area contributed by atoms with Gasteiger partial charge in [-0.15, -0.1) is 0 Å². The van der Waals surface area contributed by atoms with Crippen molar-refractivity contribution in [1.29, 1.82) is 5.26 Å². The zero-order chi connectivity index (χ0) is 24.1. The fourth-order valence-electron chi connectivity index (χ4n) is 3.35. The number of ether oxygens (including phenoxy) is 1. The Hall–Kier alpha value is -2.45. The van der Waals surface area contributed by atoms with Crippen LogP contribution in [-0.4, -0.2) is 57.9 Å². The van der Waals surface area contributed by atoms with Crippen LogP contribution in [0, 0.1) is 24.1 Å².